The van der Waals surface area contributed by atoms with Gasteiger partial charge in [-0.15, -0.1) is 0 Å². The predicted octanol–water partition coefficient (Wildman–Crippen LogP) is 2.43. The van der Waals surface area contributed by atoms with Crippen molar-refractivity contribution in [3.05, 3.63) is 0 Å². The molecule has 19 heavy (non-hydrogen) atoms. The smallest absolute Gasteiger partial charge is 0.307 e. The number of carbonyl (C=O) groups is 2. The van der Waals surface area contributed by atoms with Crippen LogP contribution in [0, 0.1) is 23.7 Å². The average molecular weight is 267 g/mol. The topological polar surface area (TPSA) is 66.4 Å². The third-order valence-electron chi connectivity index (χ3n) is 4.66. The Kier molecular flexibility index (Phi) is 4.48. The van der Waals surface area contributed by atoms with E-state index in [0.717, 1.165) is 25.2 Å². The lowest BCUT2D eigenvalue weighted by Crippen LogP contribution is -2.40. The van der Waals surface area contributed by atoms with Crippen molar-refractivity contribution in [2.45, 2.75) is 58.4 Å². The average Bonchev–Trinajstić information content (AvgIpc) is 3.04. The Morgan fingerprint density at radius 2 is 1.84 bits per heavy atom. The molecular formula is C15H25NO3. The van der Waals surface area contributed by atoms with Crippen molar-refractivity contribution in [3.63, 3.8) is 0 Å². The number of nitrogens with one attached hydrogen (secondary N) is 1. The van der Waals surface area contributed by atoms with Crippen molar-refractivity contribution in [1.82, 2.24) is 5.32 Å². The van der Waals surface area contributed by atoms with Crippen LogP contribution in [0.4, 0.5) is 0 Å². The lowest BCUT2D eigenvalue weighted by molar-refractivity contribution is -0.146. The van der Waals surface area contributed by atoms with Gasteiger partial charge in [0.15, 0.2) is 0 Å². The van der Waals surface area contributed by atoms with E-state index < -0.39 is 11.9 Å². The van der Waals surface area contributed by atoms with Crippen LogP contribution in [-0.2, 0) is 9.59 Å². The van der Waals surface area contributed by atoms with Gasteiger partial charge in [0, 0.05) is 6.04 Å². The lowest BCUT2D eigenvalue weighted by atomic mass is 9.95. The van der Waals surface area contributed by atoms with E-state index in [1.807, 2.05) is 6.92 Å². The monoisotopic (exact) mass is 267 g/mol. The highest BCUT2D eigenvalue weighted by atomic mass is 16.4. The predicted molar refractivity (Wildman–Crippen MR) is 72.6 cm³/mol. The Balaban J connectivity index is 1.89. The molecule has 108 valence electrons. The first-order chi connectivity index (χ1) is 9.01. The summed E-state index contributed by atoms with van der Waals surface area (Å²) in [5, 5.41) is 12.3. The van der Waals surface area contributed by atoms with Gasteiger partial charge in [-0.2, -0.15) is 0 Å². The van der Waals surface area contributed by atoms with Crippen molar-refractivity contribution in [2.24, 2.45) is 23.7 Å². The van der Waals surface area contributed by atoms with Crippen molar-refractivity contribution in [1.29, 1.82) is 0 Å². The van der Waals surface area contributed by atoms with E-state index in [1.165, 1.54) is 12.8 Å². The molecule has 2 rings (SSSR count). The minimum atomic E-state index is -0.814. The second kappa shape index (κ2) is 5.93. The second-order valence-electron chi connectivity index (χ2n) is 6.39. The minimum absolute atomic E-state index is 0.0449. The zero-order valence-electron chi connectivity index (χ0n) is 11.9. The number of amides is 1. The highest BCUT2D eigenvalue weighted by Gasteiger charge is 2.42. The summed E-state index contributed by atoms with van der Waals surface area (Å²) < 4.78 is 0. The van der Waals surface area contributed by atoms with Crippen molar-refractivity contribution in [2.75, 3.05) is 0 Å². The summed E-state index contributed by atoms with van der Waals surface area (Å²) in [6.45, 7) is 4.10. The third-order valence-corrected chi connectivity index (χ3v) is 4.66. The maximum atomic E-state index is 12.3. The van der Waals surface area contributed by atoms with Crippen LogP contribution in [0.5, 0.6) is 0 Å². The summed E-state index contributed by atoms with van der Waals surface area (Å²) in [7, 11) is 0. The molecule has 4 heteroatoms. The first-order valence-corrected chi connectivity index (χ1v) is 7.54. The Morgan fingerprint density at radius 3 is 2.37 bits per heavy atom. The van der Waals surface area contributed by atoms with E-state index in [-0.39, 0.29) is 17.9 Å². The van der Waals surface area contributed by atoms with Gasteiger partial charge >= 0.3 is 5.97 Å². The molecule has 0 saturated heterocycles. The Hall–Kier alpha value is -1.06. The fraction of sp³-hybridized carbons (Fsp3) is 0.867. The fourth-order valence-electron chi connectivity index (χ4n) is 3.30. The number of carbonyl (C=O) groups excluding carboxylic acids is 1. The van der Waals surface area contributed by atoms with Crippen molar-refractivity contribution in [3.8, 4) is 0 Å². The molecule has 0 aliphatic heterocycles. The molecule has 0 bridgehead atoms. The van der Waals surface area contributed by atoms with Crippen LogP contribution in [0.2, 0.25) is 0 Å². The highest BCUT2D eigenvalue weighted by molar-refractivity contribution is 5.85. The van der Waals surface area contributed by atoms with Crippen LogP contribution in [0.3, 0.4) is 0 Å². The van der Waals surface area contributed by atoms with E-state index in [0.29, 0.717) is 12.3 Å². The zero-order chi connectivity index (χ0) is 14.0. The number of hydrogen-bond donors (Lipinski definition) is 2. The maximum absolute atomic E-state index is 12.3. The molecule has 0 aromatic heterocycles. The van der Waals surface area contributed by atoms with Gasteiger partial charge in [0.25, 0.3) is 0 Å². The number of carboxylic acids is 1. The molecule has 2 aliphatic carbocycles. The van der Waals surface area contributed by atoms with E-state index in [2.05, 4.69) is 12.2 Å². The van der Waals surface area contributed by atoms with Gasteiger partial charge in [0.1, 0.15) is 0 Å². The molecule has 2 saturated carbocycles. The molecule has 0 aromatic carbocycles. The molecule has 0 spiro atoms. The first kappa shape index (κ1) is 14.4. The van der Waals surface area contributed by atoms with Crippen molar-refractivity contribution < 1.29 is 14.7 Å². The quantitative estimate of drug-likeness (QED) is 0.776. The molecule has 0 heterocycles. The summed E-state index contributed by atoms with van der Waals surface area (Å²) >= 11 is 0. The molecule has 2 unspecified atom stereocenters. The van der Waals surface area contributed by atoms with E-state index in [4.69, 9.17) is 0 Å². The van der Waals surface area contributed by atoms with E-state index in [9.17, 15) is 14.7 Å². The lowest BCUT2D eigenvalue weighted by Gasteiger charge is -2.19. The zero-order valence-corrected chi connectivity index (χ0v) is 11.9. The number of rotatable bonds is 6. The number of carboxylic acid groups (broad SMARTS) is 1. The fourth-order valence-corrected chi connectivity index (χ4v) is 3.30. The van der Waals surface area contributed by atoms with Gasteiger partial charge in [-0.25, -0.2) is 0 Å². The summed E-state index contributed by atoms with van der Waals surface area (Å²) in [6, 6.07) is 0.176. The molecule has 0 aromatic rings. The number of aliphatic carboxylic acids is 1. The summed E-state index contributed by atoms with van der Waals surface area (Å²) in [4.78, 5) is 23.5. The maximum Gasteiger partial charge on any atom is 0.307 e. The Labute approximate surface area is 115 Å². The van der Waals surface area contributed by atoms with Gasteiger partial charge in [0.05, 0.1) is 11.8 Å². The van der Waals surface area contributed by atoms with Crippen LogP contribution in [-0.4, -0.2) is 23.0 Å². The summed E-state index contributed by atoms with van der Waals surface area (Å²) in [5.41, 5.74) is 0. The largest absolute Gasteiger partial charge is 0.481 e. The molecule has 4 atom stereocenters. The first-order valence-electron chi connectivity index (χ1n) is 7.54. The summed E-state index contributed by atoms with van der Waals surface area (Å²) in [6.07, 6.45) is 5.94. The van der Waals surface area contributed by atoms with Gasteiger partial charge < -0.3 is 10.4 Å². The molecular weight excluding hydrogens is 242 g/mol. The third kappa shape index (κ3) is 3.71. The van der Waals surface area contributed by atoms with Crippen LogP contribution in [0.1, 0.15) is 52.4 Å². The van der Waals surface area contributed by atoms with Gasteiger partial charge in [-0.05, 0) is 38.0 Å². The van der Waals surface area contributed by atoms with E-state index in [1.54, 1.807) is 0 Å². The van der Waals surface area contributed by atoms with Crippen molar-refractivity contribution >= 4 is 11.9 Å². The highest BCUT2D eigenvalue weighted by Crippen LogP contribution is 2.39. The number of hydrogen-bond acceptors (Lipinski definition) is 2. The Morgan fingerprint density at radius 1 is 1.21 bits per heavy atom. The molecule has 2 aliphatic rings. The normalized spacial score (nSPS) is 32.0. The molecule has 4 nitrogen and oxygen atoms in total. The standard InChI is InChI=1S/C15H25NO3/c1-3-10-7-12(13(8-10)15(18)19)14(17)16-9(2)6-11-4-5-11/h9-13H,3-8H2,1-2H3,(H,16,17)(H,18,19)/t9?,10?,12-,13+/m0/s1. The van der Waals surface area contributed by atoms with Gasteiger partial charge in [0.2, 0.25) is 5.91 Å². The molecule has 2 fully saturated rings. The van der Waals surface area contributed by atoms with Crippen LogP contribution < -0.4 is 5.32 Å². The summed E-state index contributed by atoms with van der Waals surface area (Å²) in [5.74, 6) is -0.516. The van der Waals surface area contributed by atoms with Crippen LogP contribution in [0.25, 0.3) is 0 Å². The van der Waals surface area contributed by atoms with Crippen LogP contribution in [0.15, 0.2) is 0 Å². The van der Waals surface area contributed by atoms with Gasteiger partial charge in [-0.1, -0.05) is 26.2 Å². The van der Waals surface area contributed by atoms with Gasteiger partial charge in [-0.3, -0.25) is 9.59 Å². The molecule has 0 radical (unpaired) electrons. The second-order valence-corrected chi connectivity index (χ2v) is 6.39. The Bertz CT molecular complexity index is 351. The molecule has 2 N–H and O–H groups in total. The minimum Gasteiger partial charge on any atom is -0.481 e. The van der Waals surface area contributed by atoms with E-state index >= 15 is 0 Å². The molecule has 1 amide bonds. The SMILES string of the molecule is CCC1C[C@H](C(=O)NC(C)CC2CC2)[C@H](C(=O)O)C1. The van der Waals surface area contributed by atoms with Crippen LogP contribution >= 0.6 is 0 Å².